The molecule has 1 unspecified atom stereocenters. The predicted octanol–water partition coefficient (Wildman–Crippen LogP) is 4.19. The SMILES string of the molecule is Cc1ccc(CC(Cl)c2ccc(F)c(F)c2)nc1. The van der Waals surface area contributed by atoms with Crippen LogP contribution in [0, 0.1) is 18.6 Å². The molecule has 0 saturated carbocycles. The monoisotopic (exact) mass is 267 g/mol. The smallest absolute Gasteiger partial charge is 0.159 e. The lowest BCUT2D eigenvalue weighted by atomic mass is 10.1. The lowest BCUT2D eigenvalue weighted by Gasteiger charge is -2.10. The Balaban J connectivity index is 2.13. The van der Waals surface area contributed by atoms with Crippen LogP contribution in [-0.4, -0.2) is 4.98 Å². The second-order valence-corrected chi connectivity index (χ2v) is 4.70. The Hall–Kier alpha value is -1.48. The van der Waals surface area contributed by atoms with Gasteiger partial charge in [-0.05, 0) is 36.2 Å². The Kier molecular flexibility index (Phi) is 3.92. The van der Waals surface area contributed by atoms with Crippen molar-refractivity contribution < 1.29 is 8.78 Å². The first kappa shape index (κ1) is 13.0. The van der Waals surface area contributed by atoms with Crippen LogP contribution in [-0.2, 0) is 6.42 Å². The molecule has 0 saturated heterocycles. The summed E-state index contributed by atoms with van der Waals surface area (Å²) in [5, 5.41) is -0.421. The minimum Gasteiger partial charge on any atom is -0.261 e. The van der Waals surface area contributed by atoms with Crippen molar-refractivity contribution in [1.82, 2.24) is 4.98 Å². The van der Waals surface area contributed by atoms with E-state index in [1.165, 1.54) is 6.07 Å². The molecule has 1 heterocycles. The van der Waals surface area contributed by atoms with Gasteiger partial charge in [-0.15, -0.1) is 11.6 Å². The van der Waals surface area contributed by atoms with Gasteiger partial charge in [0.15, 0.2) is 11.6 Å². The lowest BCUT2D eigenvalue weighted by Crippen LogP contribution is -1.99. The Bertz CT molecular complexity index is 540. The van der Waals surface area contributed by atoms with Gasteiger partial charge in [-0.3, -0.25) is 4.98 Å². The molecule has 0 bridgehead atoms. The van der Waals surface area contributed by atoms with E-state index < -0.39 is 17.0 Å². The number of hydrogen-bond acceptors (Lipinski definition) is 1. The van der Waals surface area contributed by atoms with Gasteiger partial charge in [0.1, 0.15) is 0 Å². The highest BCUT2D eigenvalue weighted by Gasteiger charge is 2.12. The van der Waals surface area contributed by atoms with Crippen LogP contribution in [0.25, 0.3) is 0 Å². The molecule has 4 heteroatoms. The molecule has 0 fully saturated rings. The predicted molar refractivity (Wildman–Crippen MR) is 67.6 cm³/mol. The maximum Gasteiger partial charge on any atom is 0.159 e. The fourth-order valence-corrected chi connectivity index (χ4v) is 1.92. The number of nitrogens with zero attached hydrogens (tertiary/aromatic N) is 1. The minimum absolute atomic E-state index is 0.421. The summed E-state index contributed by atoms with van der Waals surface area (Å²) in [4.78, 5) is 4.23. The van der Waals surface area contributed by atoms with Gasteiger partial charge < -0.3 is 0 Å². The molecule has 1 aromatic heterocycles. The van der Waals surface area contributed by atoms with Crippen LogP contribution in [0.2, 0.25) is 0 Å². The second kappa shape index (κ2) is 5.44. The summed E-state index contributed by atoms with van der Waals surface area (Å²) in [5.74, 6) is -1.74. The van der Waals surface area contributed by atoms with Gasteiger partial charge in [0.05, 0.1) is 5.38 Å². The molecule has 0 radical (unpaired) electrons. The van der Waals surface area contributed by atoms with E-state index in [-0.39, 0.29) is 0 Å². The van der Waals surface area contributed by atoms with Gasteiger partial charge in [-0.1, -0.05) is 12.1 Å². The number of pyridine rings is 1. The molecule has 1 atom stereocenters. The largest absolute Gasteiger partial charge is 0.261 e. The molecule has 0 aliphatic rings. The molecule has 18 heavy (non-hydrogen) atoms. The molecule has 0 amide bonds. The summed E-state index contributed by atoms with van der Waals surface area (Å²) >= 11 is 6.18. The number of hydrogen-bond donors (Lipinski definition) is 0. The first-order valence-electron chi connectivity index (χ1n) is 5.57. The lowest BCUT2D eigenvalue weighted by molar-refractivity contribution is 0.506. The number of rotatable bonds is 3. The second-order valence-electron chi connectivity index (χ2n) is 4.17. The molecule has 94 valence electrons. The zero-order valence-corrected chi connectivity index (χ0v) is 10.6. The molecular formula is C14H12ClF2N. The van der Waals surface area contributed by atoms with Crippen molar-refractivity contribution in [1.29, 1.82) is 0 Å². The summed E-state index contributed by atoms with van der Waals surface area (Å²) in [6, 6.07) is 7.52. The molecule has 2 rings (SSSR count). The molecule has 1 aromatic carbocycles. The van der Waals surface area contributed by atoms with E-state index in [9.17, 15) is 8.78 Å². The van der Waals surface area contributed by atoms with Crippen LogP contribution < -0.4 is 0 Å². The average Bonchev–Trinajstić information content (AvgIpc) is 2.35. The van der Waals surface area contributed by atoms with Crippen LogP contribution >= 0.6 is 11.6 Å². The third-order valence-corrected chi connectivity index (χ3v) is 3.07. The molecule has 0 aliphatic heterocycles. The van der Waals surface area contributed by atoms with E-state index in [0.29, 0.717) is 12.0 Å². The van der Waals surface area contributed by atoms with E-state index in [4.69, 9.17) is 11.6 Å². The fraction of sp³-hybridized carbons (Fsp3) is 0.214. The van der Waals surface area contributed by atoms with Crippen molar-refractivity contribution in [2.24, 2.45) is 0 Å². The maximum atomic E-state index is 13.1. The van der Waals surface area contributed by atoms with Gasteiger partial charge >= 0.3 is 0 Å². The number of alkyl halides is 1. The highest BCUT2D eigenvalue weighted by atomic mass is 35.5. The molecule has 0 aliphatic carbocycles. The molecular weight excluding hydrogens is 256 g/mol. The van der Waals surface area contributed by atoms with Crippen molar-refractivity contribution in [3.05, 3.63) is 65.0 Å². The van der Waals surface area contributed by atoms with Crippen LogP contribution in [0.15, 0.2) is 36.5 Å². The van der Waals surface area contributed by atoms with Crippen molar-refractivity contribution >= 4 is 11.6 Å². The Morgan fingerprint density at radius 2 is 1.94 bits per heavy atom. The van der Waals surface area contributed by atoms with Gasteiger partial charge in [0, 0.05) is 18.3 Å². The van der Waals surface area contributed by atoms with Crippen LogP contribution in [0.4, 0.5) is 8.78 Å². The Labute approximate surface area is 109 Å². The van der Waals surface area contributed by atoms with Crippen LogP contribution in [0.3, 0.4) is 0 Å². The topological polar surface area (TPSA) is 12.9 Å². The first-order chi connectivity index (χ1) is 8.56. The molecule has 2 aromatic rings. The van der Waals surface area contributed by atoms with Crippen LogP contribution in [0.1, 0.15) is 22.2 Å². The van der Waals surface area contributed by atoms with Crippen molar-refractivity contribution in [3.63, 3.8) is 0 Å². The van der Waals surface area contributed by atoms with Crippen molar-refractivity contribution in [2.75, 3.05) is 0 Å². The van der Waals surface area contributed by atoms with Crippen molar-refractivity contribution in [3.8, 4) is 0 Å². The Morgan fingerprint density at radius 3 is 2.56 bits per heavy atom. The third-order valence-electron chi connectivity index (χ3n) is 2.67. The van der Waals surface area contributed by atoms with Gasteiger partial charge in [0.25, 0.3) is 0 Å². The van der Waals surface area contributed by atoms with Gasteiger partial charge in [-0.25, -0.2) is 8.78 Å². The summed E-state index contributed by atoms with van der Waals surface area (Å²) < 4.78 is 25.9. The maximum absolute atomic E-state index is 13.1. The summed E-state index contributed by atoms with van der Waals surface area (Å²) in [6.07, 6.45) is 2.23. The number of halogens is 3. The Morgan fingerprint density at radius 1 is 1.17 bits per heavy atom. The molecule has 0 spiro atoms. The quantitative estimate of drug-likeness (QED) is 0.760. The summed E-state index contributed by atoms with van der Waals surface area (Å²) in [6.45, 7) is 1.95. The zero-order valence-electron chi connectivity index (χ0n) is 9.83. The van der Waals surface area contributed by atoms with E-state index in [0.717, 1.165) is 23.4 Å². The number of aromatic nitrogens is 1. The van der Waals surface area contributed by atoms with Gasteiger partial charge in [-0.2, -0.15) is 0 Å². The standard InChI is InChI=1S/C14H12ClF2N/c1-9-2-4-11(18-8-9)7-12(15)10-3-5-13(16)14(17)6-10/h2-6,8,12H,7H2,1H3. The van der Waals surface area contributed by atoms with Crippen molar-refractivity contribution in [2.45, 2.75) is 18.7 Å². The highest BCUT2D eigenvalue weighted by Crippen LogP contribution is 2.25. The van der Waals surface area contributed by atoms with E-state index >= 15 is 0 Å². The number of benzene rings is 1. The van der Waals surface area contributed by atoms with E-state index in [1.54, 1.807) is 6.20 Å². The summed E-state index contributed by atoms with van der Waals surface area (Å²) in [7, 11) is 0. The minimum atomic E-state index is -0.880. The van der Waals surface area contributed by atoms with E-state index in [1.807, 2.05) is 19.1 Å². The third kappa shape index (κ3) is 3.05. The van der Waals surface area contributed by atoms with Gasteiger partial charge in [0.2, 0.25) is 0 Å². The van der Waals surface area contributed by atoms with E-state index in [2.05, 4.69) is 4.98 Å². The number of aryl methyl sites for hydroxylation is 1. The normalized spacial score (nSPS) is 12.4. The first-order valence-corrected chi connectivity index (χ1v) is 6.00. The summed E-state index contributed by atoms with van der Waals surface area (Å²) in [5.41, 5.74) is 2.45. The average molecular weight is 268 g/mol. The van der Waals surface area contributed by atoms with Crippen LogP contribution in [0.5, 0.6) is 0 Å². The molecule has 1 nitrogen and oxygen atoms in total. The molecule has 0 N–H and O–H groups in total. The highest BCUT2D eigenvalue weighted by molar-refractivity contribution is 6.20. The fourth-order valence-electron chi connectivity index (χ4n) is 1.63. The zero-order chi connectivity index (χ0) is 13.1.